The normalized spacial score (nSPS) is 10.8. The number of fused-ring (bicyclic) bond motifs is 1. The Labute approximate surface area is 199 Å². The molecule has 3 heterocycles. The number of nitrogens with zero attached hydrogens (tertiary/aromatic N) is 5. The van der Waals surface area contributed by atoms with E-state index in [-0.39, 0.29) is 5.97 Å². The first-order chi connectivity index (χ1) is 17.2. The first-order valence-corrected chi connectivity index (χ1v) is 10.9. The molecule has 0 saturated carbocycles. The fourth-order valence-corrected chi connectivity index (χ4v) is 3.35. The van der Waals surface area contributed by atoms with Crippen molar-refractivity contribution in [3.8, 4) is 11.5 Å². The smallest absolute Gasteiger partial charge is 0.338 e. The number of esters is 1. The minimum absolute atomic E-state index is 0.292. The van der Waals surface area contributed by atoms with Crippen molar-refractivity contribution in [1.29, 1.82) is 0 Å². The van der Waals surface area contributed by atoms with Crippen LogP contribution in [0.4, 0.5) is 11.5 Å². The summed E-state index contributed by atoms with van der Waals surface area (Å²) in [6.45, 7) is 2.09. The van der Waals surface area contributed by atoms with Crippen molar-refractivity contribution in [3.63, 3.8) is 0 Å². The Morgan fingerprint density at radius 2 is 1.57 bits per heavy atom. The van der Waals surface area contributed by atoms with Crippen LogP contribution in [-0.2, 0) is 11.2 Å². The summed E-state index contributed by atoms with van der Waals surface area (Å²) in [7, 11) is 0. The Bertz CT molecular complexity index is 1440. The maximum absolute atomic E-state index is 11.9. The number of carbonyl (C=O) groups excluding carboxylic acids is 1. The van der Waals surface area contributed by atoms with Crippen LogP contribution in [0.2, 0.25) is 0 Å². The molecular weight excluding hydrogens is 448 g/mol. The molecule has 2 aromatic carbocycles. The molecule has 0 aliphatic rings. The zero-order valence-corrected chi connectivity index (χ0v) is 18.7. The highest BCUT2D eigenvalue weighted by molar-refractivity contribution is 5.90. The predicted molar refractivity (Wildman–Crippen MR) is 127 cm³/mol. The maximum atomic E-state index is 11.9. The highest BCUT2D eigenvalue weighted by Crippen LogP contribution is 2.25. The Morgan fingerprint density at radius 1 is 0.886 bits per heavy atom. The number of hydrogen-bond donors (Lipinski definition) is 1. The second kappa shape index (κ2) is 9.96. The third-order valence-electron chi connectivity index (χ3n) is 5.03. The first kappa shape index (κ1) is 22.0. The summed E-state index contributed by atoms with van der Waals surface area (Å²) >= 11 is 0. The van der Waals surface area contributed by atoms with Crippen LogP contribution < -0.4 is 10.1 Å². The van der Waals surface area contributed by atoms with Crippen LogP contribution in [0.25, 0.3) is 11.3 Å². The topological polar surface area (TPSA) is 125 Å². The summed E-state index contributed by atoms with van der Waals surface area (Å²) in [5.41, 5.74) is 3.46. The van der Waals surface area contributed by atoms with Gasteiger partial charge in [0.2, 0.25) is 11.3 Å². The average molecular weight is 468 g/mol. The van der Waals surface area contributed by atoms with Gasteiger partial charge >= 0.3 is 5.97 Å². The zero-order valence-electron chi connectivity index (χ0n) is 18.7. The Balaban J connectivity index is 1.36. The van der Waals surface area contributed by atoms with Crippen molar-refractivity contribution >= 4 is 28.8 Å². The van der Waals surface area contributed by atoms with Crippen molar-refractivity contribution in [2.45, 2.75) is 13.3 Å². The zero-order chi connectivity index (χ0) is 24.0. The molecular formula is C25H20N6O4. The highest BCUT2D eigenvalue weighted by Gasteiger charge is 2.14. The van der Waals surface area contributed by atoms with Crippen LogP contribution >= 0.6 is 0 Å². The van der Waals surface area contributed by atoms with E-state index in [1.165, 1.54) is 0 Å². The van der Waals surface area contributed by atoms with Gasteiger partial charge in [-0.05, 0) is 71.3 Å². The first-order valence-electron chi connectivity index (χ1n) is 10.9. The SMILES string of the molecule is CCOC(=O)c1ccc(Nc2nc3nonc3nc2Cc2ccc(Oc3ccncc3)cc2)cc1. The molecule has 0 fully saturated rings. The van der Waals surface area contributed by atoms with Gasteiger partial charge in [-0.3, -0.25) is 4.98 Å². The summed E-state index contributed by atoms with van der Waals surface area (Å²) in [5.74, 6) is 1.56. The lowest BCUT2D eigenvalue weighted by molar-refractivity contribution is 0.0526. The third kappa shape index (κ3) is 5.22. The Hall–Kier alpha value is -4.86. The van der Waals surface area contributed by atoms with Gasteiger partial charge in [0.05, 0.1) is 17.9 Å². The van der Waals surface area contributed by atoms with Crippen molar-refractivity contribution in [3.05, 3.63) is 89.9 Å². The summed E-state index contributed by atoms with van der Waals surface area (Å²) in [6.07, 6.45) is 3.83. The molecule has 0 bridgehead atoms. The number of pyridine rings is 1. The highest BCUT2D eigenvalue weighted by atomic mass is 16.6. The number of rotatable bonds is 8. The van der Waals surface area contributed by atoms with E-state index >= 15 is 0 Å². The fraction of sp³-hybridized carbons (Fsp3) is 0.120. The molecule has 3 aromatic heterocycles. The number of benzene rings is 2. The molecule has 0 spiro atoms. The van der Waals surface area contributed by atoms with Gasteiger partial charge in [0, 0.05) is 24.5 Å². The summed E-state index contributed by atoms with van der Waals surface area (Å²) < 4.78 is 15.7. The van der Waals surface area contributed by atoms with E-state index in [1.54, 1.807) is 55.7 Å². The summed E-state index contributed by atoms with van der Waals surface area (Å²) in [6, 6.07) is 18.2. The van der Waals surface area contributed by atoms with Gasteiger partial charge in [0.1, 0.15) is 11.5 Å². The molecule has 5 rings (SSSR count). The number of carbonyl (C=O) groups is 1. The molecule has 0 aliphatic carbocycles. The molecule has 0 aliphatic heterocycles. The van der Waals surface area contributed by atoms with E-state index in [1.807, 2.05) is 24.3 Å². The monoisotopic (exact) mass is 468 g/mol. The summed E-state index contributed by atoms with van der Waals surface area (Å²) in [5, 5.41) is 10.9. The van der Waals surface area contributed by atoms with Crippen LogP contribution in [0.3, 0.4) is 0 Å². The maximum Gasteiger partial charge on any atom is 0.338 e. The van der Waals surface area contributed by atoms with Crippen LogP contribution in [0.1, 0.15) is 28.5 Å². The Kier molecular flexibility index (Phi) is 6.25. The molecule has 0 unspecified atom stereocenters. The van der Waals surface area contributed by atoms with Crippen molar-refractivity contribution in [1.82, 2.24) is 25.3 Å². The van der Waals surface area contributed by atoms with Crippen LogP contribution in [0.5, 0.6) is 11.5 Å². The number of aromatic nitrogens is 5. The average Bonchev–Trinajstić information content (AvgIpc) is 3.34. The van der Waals surface area contributed by atoms with E-state index in [2.05, 4.69) is 30.6 Å². The lowest BCUT2D eigenvalue weighted by Gasteiger charge is -2.11. The minimum Gasteiger partial charge on any atom is -0.462 e. The van der Waals surface area contributed by atoms with Gasteiger partial charge < -0.3 is 14.8 Å². The van der Waals surface area contributed by atoms with Gasteiger partial charge in [0.25, 0.3) is 0 Å². The van der Waals surface area contributed by atoms with E-state index in [0.29, 0.717) is 52.9 Å². The van der Waals surface area contributed by atoms with Gasteiger partial charge in [-0.2, -0.15) is 0 Å². The van der Waals surface area contributed by atoms with Crippen LogP contribution in [-0.4, -0.2) is 37.8 Å². The van der Waals surface area contributed by atoms with Gasteiger partial charge in [-0.15, -0.1) is 0 Å². The number of ether oxygens (including phenoxy) is 2. The third-order valence-corrected chi connectivity index (χ3v) is 5.03. The van der Waals surface area contributed by atoms with Crippen LogP contribution in [0.15, 0.2) is 77.7 Å². The molecule has 0 saturated heterocycles. The van der Waals surface area contributed by atoms with Crippen molar-refractivity contribution < 1.29 is 18.9 Å². The molecule has 0 radical (unpaired) electrons. The number of anilines is 2. The molecule has 10 heteroatoms. The van der Waals surface area contributed by atoms with Crippen LogP contribution in [0, 0.1) is 0 Å². The Morgan fingerprint density at radius 3 is 2.29 bits per heavy atom. The quantitative estimate of drug-likeness (QED) is 0.320. The van der Waals surface area contributed by atoms with Gasteiger partial charge in [-0.1, -0.05) is 12.1 Å². The lowest BCUT2D eigenvalue weighted by Crippen LogP contribution is -2.06. The second-order valence-corrected chi connectivity index (χ2v) is 7.46. The molecule has 10 nitrogen and oxygen atoms in total. The molecule has 35 heavy (non-hydrogen) atoms. The van der Waals surface area contributed by atoms with Gasteiger partial charge in [0.15, 0.2) is 5.82 Å². The van der Waals surface area contributed by atoms with Crippen molar-refractivity contribution in [2.24, 2.45) is 0 Å². The minimum atomic E-state index is -0.369. The molecule has 1 N–H and O–H groups in total. The van der Waals surface area contributed by atoms with Gasteiger partial charge in [-0.25, -0.2) is 19.4 Å². The summed E-state index contributed by atoms with van der Waals surface area (Å²) in [4.78, 5) is 25.0. The van der Waals surface area contributed by atoms with Crippen molar-refractivity contribution in [2.75, 3.05) is 11.9 Å². The largest absolute Gasteiger partial charge is 0.462 e. The standard InChI is InChI=1S/C25H20N6O4/c1-2-33-25(32)17-5-7-18(8-6-17)27-22-21(28-23-24(29-22)31-35-30-23)15-16-3-9-19(10-4-16)34-20-11-13-26-14-12-20/h3-14H,2,15H2,1H3,(H,27,29,31). The molecule has 0 amide bonds. The lowest BCUT2D eigenvalue weighted by atomic mass is 10.1. The van der Waals surface area contributed by atoms with E-state index in [9.17, 15) is 4.79 Å². The fourth-order valence-electron chi connectivity index (χ4n) is 3.35. The molecule has 0 atom stereocenters. The molecule has 174 valence electrons. The van der Waals surface area contributed by atoms with E-state index < -0.39 is 0 Å². The number of hydrogen-bond acceptors (Lipinski definition) is 10. The van der Waals surface area contributed by atoms with E-state index in [0.717, 1.165) is 11.3 Å². The van der Waals surface area contributed by atoms with E-state index in [4.69, 9.17) is 14.1 Å². The number of nitrogens with one attached hydrogen (secondary N) is 1. The molecule has 5 aromatic rings. The predicted octanol–water partition coefficient (Wildman–Crippen LogP) is 4.71. The second-order valence-electron chi connectivity index (χ2n) is 7.46.